The fraction of sp³-hybridized carbons (Fsp3) is 0.538. The fourth-order valence-electron chi connectivity index (χ4n) is 1.35. The second kappa shape index (κ2) is 6.26. The zero-order chi connectivity index (χ0) is 12.1. The van der Waals surface area contributed by atoms with E-state index in [-0.39, 0.29) is 11.9 Å². The van der Waals surface area contributed by atoms with E-state index in [2.05, 4.69) is 19.2 Å². The van der Waals surface area contributed by atoms with Crippen molar-refractivity contribution in [3.8, 4) is 0 Å². The van der Waals surface area contributed by atoms with Crippen molar-refractivity contribution in [3.63, 3.8) is 0 Å². The number of rotatable bonds is 5. The molecule has 2 atom stereocenters. The minimum Gasteiger partial charge on any atom is -0.313 e. The van der Waals surface area contributed by atoms with Gasteiger partial charge in [0.05, 0.1) is 0 Å². The molecule has 3 heteroatoms. The highest BCUT2D eigenvalue weighted by molar-refractivity contribution is 7.99. The number of benzene rings is 1. The molecule has 1 rings (SSSR count). The van der Waals surface area contributed by atoms with Crippen LogP contribution in [0.25, 0.3) is 0 Å². The van der Waals surface area contributed by atoms with Crippen molar-refractivity contribution in [3.05, 3.63) is 29.6 Å². The summed E-state index contributed by atoms with van der Waals surface area (Å²) in [6.07, 6.45) is 1.05. The SMILES string of the molecule is CCC(C)Sc1ccc(C(C)NC)cc1F. The molecule has 1 N–H and O–H groups in total. The number of halogens is 1. The molecule has 1 aromatic carbocycles. The maximum absolute atomic E-state index is 13.8. The third-order valence-electron chi connectivity index (χ3n) is 2.79. The van der Waals surface area contributed by atoms with Gasteiger partial charge in [-0.05, 0) is 38.1 Å². The summed E-state index contributed by atoms with van der Waals surface area (Å²) in [5, 5.41) is 3.57. The van der Waals surface area contributed by atoms with Crippen LogP contribution in [0.4, 0.5) is 4.39 Å². The van der Waals surface area contributed by atoms with Crippen LogP contribution in [0.2, 0.25) is 0 Å². The zero-order valence-electron chi connectivity index (χ0n) is 10.4. The van der Waals surface area contributed by atoms with Crippen molar-refractivity contribution in [2.45, 2.75) is 43.4 Å². The summed E-state index contributed by atoms with van der Waals surface area (Å²) in [5.41, 5.74) is 0.994. The molecule has 1 aromatic rings. The van der Waals surface area contributed by atoms with E-state index in [1.807, 2.05) is 26.1 Å². The van der Waals surface area contributed by atoms with Crippen molar-refractivity contribution >= 4 is 11.8 Å². The van der Waals surface area contributed by atoms with Crippen LogP contribution < -0.4 is 5.32 Å². The molecule has 0 saturated carbocycles. The van der Waals surface area contributed by atoms with Gasteiger partial charge in [0.15, 0.2) is 0 Å². The van der Waals surface area contributed by atoms with Crippen molar-refractivity contribution in [2.24, 2.45) is 0 Å². The van der Waals surface area contributed by atoms with Gasteiger partial charge in [-0.25, -0.2) is 4.39 Å². The highest BCUT2D eigenvalue weighted by Gasteiger charge is 2.10. The summed E-state index contributed by atoms with van der Waals surface area (Å²) in [5.74, 6) is -0.107. The molecule has 0 aliphatic heterocycles. The molecular weight excluding hydrogens is 221 g/mol. The molecule has 0 radical (unpaired) electrons. The van der Waals surface area contributed by atoms with Gasteiger partial charge >= 0.3 is 0 Å². The van der Waals surface area contributed by atoms with Crippen LogP contribution in [-0.4, -0.2) is 12.3 Å². The minimum atomic E-state index is -0.107. The Hall–Kier alpha value is -0.540. The largest absolute Gasteiger partial charge is 0.313 e. The van der Waals surface area contributed by atoms with Gasteiger partial charge < -0.3 is 5.32 Å². The maximum Gasteiger partial charge on any atom is 0.137 e. The maximum atomic E-state index is 13.8. The van der Waals surface area contributed by atoms with Crippen molar-refractivity contribution in [2.75, 3.05) is 7.05 Å². The standard InChI is InChI=1S/C13H20FNS/c1-5-9(2)16-13-7-6-11(8-12(13)14)10(3)15-4/h6-10,15H,5H2,1-4H3. The van der Waals surface area contributed by atoms with E-state index in [1.54, 1.807) is 17.8 Å². The third-order valence-corrected chi connectivity index (χ3v) is 4.11. The summed E-state index contributed by atoms with van der Waals surface area (Å²) in [6, 6.07) is 5.70. The first-order valence-electron chi connectivity index (χ1n) is 5.71. The average Bonchev–Trinajstić information content (AvgIpc) is 2.30. The monoisotopic (exact) mass is 241 g/mol. The van der Waals surface area contributed by atoms with Crippen molar-refractivity contribution in [1.82, 2.24) is 5.32 Å². The van der Waals surface area contributed by atoms with Gasteiger partial charge in [-0.15, -0.1) is 11.8 Å². The van der Waals surface area contributed by atoms with Crippen LogP contribution in [0.1, 0.15) is 38.8 Å². The Morgan fingerprint density at radius 1 is 1.38 bits per heavy atom. The van der Waals surface area contributed by atoms with Crippen molar-refractivity contribution < 1.29 is 4.39 Å². The topological polar surface area (TPSA) is 12.0 Å². The zero-order valence-corrected chi connectivity index (χ0v) is 11.2. The van der Waals surface area contributed by atoms with Crippen LogP contribution in [0.5, 0.6) is 0 Å². The Morgan fingerprint density at radius 3 is 2.56 bits per heavy atom. The molecule has 0 bridgehead atoms. The first kappa shape index (κ1) is 13.5. The molecule has 0 amide bonds. The minimum absolute atomic E-state index is 0.107. The van der Waals surface area contributed by atoms with Gasteiger partial charge in [0.25, 0.3) is 0 Å². The molecule has 0 aliphatic rings. The second-order valence-corrected chi connectivity index (χ2v) is 5.52. The molecule has 1 nitrogen and oxygen atoms in total. The molecule has 0 heterocycles. The van der Waals surface area contributed by atoms with E-state index < -0.39 is 0 Å². The lowest BCUT2D eigenvalue weighted by Gasteiger charge is -2.13. The van der Waals surface area contributed by atoms with E-state index in [4.69, 9.17) is 0 Å². The van der Waals surface area contributed by atoms with E-state index >= 15 is 0 Å². The lowest BCUT2D eigenvalue weighted by Crippen LogP contribution is -2.12. The predicted molar refractivity (Wildman–Crippen MR) is 69.5 cm³/mol. The van der Waals surface area contributed by atoms with E-state index in [1.165, 1.54) is 0 Å². The van der Waals surface area contributed by atoms with Gasteiger partial charge in [-0.1, -0.05) is 19.9 Å². The number of hydrogen-bond donors (Lipinski definition) is 1. The molecule has 0 aliphatic carbocycles. The highest BCUT2D eigenvalue weighted by atomic mass is 32.2. The summed E-state index contributed by atoms with van der Waals surface area (Å²) >= 11 is 1.60. The number of nitrogens with one attached hydrogen (secondary N) is 1. The van der Waals surface area contributed by atoms with Gasteiger partial charge in [-0.3, -0.25) is 0 Å². The lowest BCUT2D eigenvalue weighted by atomic mass is 10.1. The Kier molecular flexibility index (Phi) is 5.29. The highest BCUT2D eigenvalue weighted by Crippen LogP contribution is 2.29. The smallest absolute Gasteiger partial charge is 0.137 e. The Morgan fingerprint density at radius 2 is 2.06 bits per heavy atom. The molecule has 0 aromatic heterocycles. The Bertz CT molecular complexity index is 341. The van der Waals surface area contributed by atoms with Crippen LogP contribution in [0, 0.1) is 5.82 Å². The number of thioether (sulfide) groups is 1. The molecule has 16 heavy (non-hydrogen) atoms. The first-order valence-corrected chi connectivity index (χ1v) is 6.59. The van der Waals surface area contributed by atoms with Crippen LogP contribution in [-0.2, 0) is 0 Å². The summed E-state index contributed by atoms with van der Waals surface area (Å²) in [7, 11) is 1.88. The molecule has 90 valence electrons. The van der Waals surface area contributed by atoms with Gasteiger partial charge in [0.1, 0.15) is 5.82 Å². The van der Waals surface area contributed by atoms with Gasteiger partial charge in [0, 0.05) is 16.2 Å². The van der Waals surface area contributed by atoms with E-state index in [0.29, 0.717) is 5.25 Å². The average molecular weight is 241 g/mol. The quantitative estimate of drug-likeness (QED) is 0.782. The normalized spacial score (nSPS) is 14.8. The summed E-state index contributed by atoms with van der Waals surface area (Å²) in [6.45, 7) is 6.26. The van der Waals surface area contributed by atoms with Gasteiger partial charge in [-0.2, -0.15) is 0 Å². The molecule has 2 unspecified atom stereocenters. The molecule has 0 saturated heterocycles. The predicted octanol–water partition coefficient (Wildman–Crippen LogP) is 4.00. The van der Waals surface area contributed by atoms with Crippen LogP contribution in [0.15, 0.2) is 23.1 Å². The van der Waals surface area contributed by atoms with Crippen LogP contribution in [0.3, 0.4) is 0 Å². The fourth-order valence-corrected chi connectivity index (χ4v) is 2.27. The second-order valence-electron chi connectivity index (χ2n) is 4.04. The molecular formula is C13H20FNS. The third kappa shape index (κ3) is 3.49. The van der Waals surface area contributed by atoms with E-state index in [9.17, 15) is 4.39 Å². The number of hydrogen-bond acceptors (Lipinski definition) is 2. The van der Waals surface area contributed by atoms with Crippen LogP contribution >= 0.6 is 11.8 Å². The first-order chi connectivity index (χ1) is 7.58. The van der Waals surface area contributed by atoms with Gasteiger partial charge in [0.2, 0.25) is 0 Å². The Balaban J connectivity index is 2.83. The molecule has 0 spiro atoms. The van der Waals surface area contributed by atoms with E-state index in [0.717, 1.165) is 16.9 Å². The Labute approximate surface area is 102 Å². The summed E-state index contributed by atoms with van der Waals surface area (Å²) in [4.78, 5) is 0.751. The lowest BCUT2D eigenvalue weighted by molar-refractivity contribution is 0.587. The van der Waals surface area contributed by atoms with Crippen molar-refractivity contribution in [1.29, 1.82) is 0 Å². The molecule has 0 fully saturated rings. The summed E-state index contributed by atoms with van der Waals surface area (Å²) < 4.78 is 13.8.